The van der Waals surface area contributed by atoms with Crippen LogP contribution in [-0.2, 0) is 10.0 Å². The van der Waals surface area contributed by atoms with Gasteiger partial charge in [0.15, 0.2) is 0 Å². The standard InChI is InChI=1S/C14H18Br3NO2S/c1-10-4-6-14(9-15,7-5-10)18-21(19,20)13-8-11(16)2-3-12(13)17/h2-3,8,10,18H,4-7,9H2,1H3. The summed E-state index contributed by atoms with van der Waals surface area (Å²) in [4.78, 5) is 0.274. The Morgan fingerprint density at radius 3 is 2.48 bits per heavy atom. The van der Waals surface area contributed by atoms with Crippen molar-refractivity contribution < 1.29 is 8.42 Å². The van der Waals surface area contributed by atoms with Crippen LogP contribution in [-0.4, -0.2) is 19.3 Å². The quantitative estimate of drug-likeness (QED) is 0.598. The fourth-order valence-electron chi connectivity index (χ4n) is 2.60. The molecule has 0 heterocycles. The monoisotopic (exact) mass is 501 g/mol. The zero-order valence-electron chi connectivity index (χ0n) is 11.7. The highest BCUT2D eigenvalue weighted by molar-refractivity contribution is 9.11. The maximum Gasteiger partial charge on any atom is 0.242 e. The molecule has 1 N–H and O–H groups in total. The highest BCUT2D eigenvalue weighted by Gasteiger charge is 2.37. The summed E-state index contributed by atoms with van der Waals surface area (Å²) in [7, 11) is -3.56. The van der Waals surface area contributed by atoms with Gasteiger partial charge in [-0.3, -0.25) is 0 Å². The van der Waals surface area contributed by atoms with E-state index in [4.69, 9.17) is 0 Å². The van der Waals surface area contributed by atoms with Crippen molar-refractivity contribution in [3.63, 3.8) is 0 Å². The van der Waals surface area contributed by atoms with Crippen molar-refractivity contribution in [3.8, 4) is 0 Å². The smallest absolute Gasteiger partial charge is 0.207 e. The summed E-state index contributed by atoms with van der Waals surface area (Å²) in [5, 5.41) is 0.636. The number of alkyl halides is 1. The van der Waals surface area contributed by atoms with E-state index in [1.54, 1.807) is 12.1 Å². The third kappa shape index (κ3) is 4.31. The lowest BCUT2D eigenvalue weighted by Crippen LogP contribution is -2.51. The summed E-state index contributed by atoms with van der Waals surface area (Å²) < 4.78 is 29.7. The summed E-state index contributed by atoms with van der Waals surface area (Å²) in [6, 6.07) is 5.17. The van der Waals surface area contributed by atoms with E-state index >= 15 is 0 Å². The number of benzene rings is 1. The molecule has 3 nitrogen and oxygen atoms in total. The van der Waals surface area contributed by atoms with Crippen LogP contribution in [0.3, 0.4) is 0 Å². The van der Waals surface area contributed by atoms with Gasteiger partial charge in [0.25, 0.3) is 0 Å². The lowest BCUT2D eigenvalue weighted by molar-refractivity contribution is 0.250. The van der Waals surface area contributed by atoms with E-state index in [1.165, 1.54) is 0 Å². The number of rotatable bonds is 4. The van der Waals surface area contributed by atoms with Gasteiger partial charge in [0.05, 0.1) is 4.90 Å². The minimum atomic E-state index is -3.56. The van der Waals surface area contributed by atoms with Crippen molar-refractivity contribution in [3.05, 3.63) is 27.1 Å². The Morgan fingerprint density at radius 1 is 1.29 bits per heavy atom. The maximum absolute atomic E-state index is 12.7. The molecule has 0 aromatic heterocycles. The Labute approximate surface area is 151 Å². The number of hydrogen-bond acceptors (Lipinski definition) is 2. The first-order valence-corrected chi connectivity index (χ1v) is 11.0. The molecule has 0 aliphatic heterocycles. The molecule has 0 amide bonds. The zero-order valence-corrected chi connectivity index (χ0v) is 17.3. The van der Waals surface area contributed by atoms with Crippen molar-refractivity contribution in [2.45, 2.75) is 43.0 Å². The Morgan fingerprint density at radius 2 is 1.90 bits per heavy atom. The first kappa shape index (κ1) is 17.9. The average molecular weight is 504 g/mol. The SMILES string of the molecule is CC1CCC(CBr)(NS(=O)(=O)c2cc(Br)ccc2Br)CC1. The maximum atomic E-state index is 12.7. The first-order chi connectivity index (χ1) is 9.78. The van der Waals surface area contributed by atoms with Crippen molar-refractivity contribution >= 4 is 57.8 Å². The predicted octanol–water partition coefficient (Wildman–Crippen LogP) is 4.83. The van der Waals surface area contributed by atoms with Gasteiger partial charge in [-0.05, 0) is 65.7 Å². The fraction of sp³-hybridized carbons (Fsp3) is 0.571. The molecule has 0 saturated heterocycles. The van der Waals surface area contributed by atoms with Crippen LogP contribution in [0.25, 0.3) is 0 Å². The van der Waals surface area contributed by atoms with E-state index in [-0.39, 0.29) is 10.4 Å². The molecule has 1 aromatic rings. The molecule has 1 aliphatic rings. The van der Waals surface area contributed by atoms with Crippen LogP contribution in [0.5, 0.6) is 0 Å². The van der Waals surface area contributed by atoms with E-state index in [9.17, 15) is 8.42 Å². The highest BCUT2D eigenvalue weighted by Crippen LogP contribution is 2.35. The van der Waals surface area contributed by atoms with Gasteiger partial charge in [-0.2, -0.15) is 0 Å². The number of sulfonamides is 1. The highest BCUT2D eigenvalue weighted by atomic mass is 79.9. The van der Waals surface area contributed by atoms with Gasteiger partial charge in [0, 0.05) is 19.8 Å². The second-order valence-corrected chi connectivity index (χ2v) is 9.76. The summed E-state index contributed by atoms with van der Waals surface area (Å²) in [5.74, 6) is 0.666. The van der Waals surface area contributed by atoms with Crippen LogP contribution in [0.4, 0.5) is 0 Å². The van der Waals surface area contributed by atoms with E-state index in [2.05, 4.69) is 59.4 Å². The van der Waals surface area contributed by atoms with Gasteiger partial charge in [-0.1, -0.05) is 38.8 Å². The summed E-state index contributed by atoms with van der Waals surface area (Å²) >= 11 is 10.2. The molecule has 7 heteroatoms. The summed E-state index contributed by atoms with van der Waals surface area (Å²) in [6.45, 7) is 2.22. The van der Waals surface area contributed by atoms with E-state index in [1.807, 2.05) is 6.07 Å². The molecule has 0 radical (unpaired) electrons. The van der Waals surface area contributed by atoms with Crippen LogP contribution in [0.15, 0.2) is 32.0 Å². The van der Waals surface area contributed by atoms with Gasteiger partial charge in [0.2, 0.25) is 10.0 Å². The zero-order chi connectivity index (χ0) is 15.7. The van der Waals surface area contributed by atoms with Crippen LogP contribution in [0, 0.1) is 5.92 Å². The minimum absolute atomic E-state index is 0.274. The summed E-state index contributed by atoms with van der Waals surface area (Å²) in [5.41, 5.74) is -0.382. The minimum Gasteiger partial charge on any atom is -0.207 e. The molecule has 1 fully saturated rings. The number of hydrogen-bond donors (Lipinski definition) is 1. The van der Waals surface area contributed by atoms with Crippen LogP contribution < -0.4 is 4.72 Å². The molecule has 1 aromatic carbocycles. The van der Waals surface area contributed by atoms with E-state index in [0.29, 0.717) is 15.7 Å². The Kier molecular flexibility index (Phi) is 5.96. The second kappa shape index (κ2) is 6.99. The third-order valence-corrected chi connectivity index (χ3v) is 8.16. The normalized spacial score (nSPS) is 26.8. The molecule has 1 aliphatic carbocycles. The molecule has 0 unspecified atom stereocenters. The average Bonchev–Trinajstić information content (AvgIpc) is 2.44. The predicted molar refractivity (Wildman–Crippen MR) is 96.3 cm³/mol. The van der Waals surface area contributed by atoms with Crippen molar-refractivity contribution in [1.29, 1.82) is 0 Å². The van der Waals surface area contributed by atoms with Gasteiger partial charge in [-0.25, -0.2) is 13.1 Å². The van der Waals surface area contributed by atoms with Gasteiger partial charge >= 0.3 is 0 Å². The van der Waals surface area contributed by atoms with Crippen molar-refractivity contribution in [2.75, 3.05) is 5.33 Å². The molecule has 2 rings (SSSR count). The first-order valence-electron chi connectivity index (χ1n) is 6.83. The second-order valence-electron chi connectivity index (χ2n) is 5.78. The lowest BCUT2D eigenvalue weighted by atomic mass is 9.79. The van der Waals surface area contributed by atoms with Gasteiger partial charge < -0.3 is 0 Å². The number of halogens is 3. The molecule has 1 saturated carbocycles. The fourth-order valence-corrected chi connectivity index (χ4v) is 6.45. The molecule has 0 spiro atoms. The van der Waals surface area contributed by atoms with E-state index < -0.39 is 10.0 Å². The Hall–Kier alpha value is 0.570. The third-order valence-electron chi connectivity index (χ3n) is 4.02. The van der Waals surface area contributed by atoms with Gasteiger partial charge in [0.1, 0.15) is 0 Å². The topological polar surface area (TPSA) is 46.2 Å². The largest absolute Gasteiger partial charge is 0.242 e. The molecular weight excluding hydrogens is 486 g/mol. The van der Waals surface area contributed by atoms with E-state index in [0.717, 1.165) is 30.2 Å². The van der Waals surface area contributed by atoms with Crippen molar-refractivity contribution in [1.82, 2.24) is 4.72 Å². The molecule has 21 heavy (non-hydrogen) atoms. The Bertz CT molecular complexity index is 611. The lowest BCUT2D eigenvalue weighted by Gasteiger charge is -2.38. The Balaban J connectivity index is 2.29. The van der Waals surface area contributed by atoms with Crippen LogP contribution in [0.2, 0.25) is 0 Å². The number of nitrogens with one attached hydrogen (secondary N) is 1. The molecule has 0 bridgehead atoms. The molecule has 118 valence electrons. The molecule has 0 atom stereocenters. The molecular formula is C14H18Br3NO2S. The summed E-state index contributed by atoms with van der Waals surface area (Å²) in [6.07, 6.45) is 3.83. The van der Waals surface area contributed by atoms with Crippen molar-refractivity contribution in [2.24, 2.45) is 5.92 Å². The van der Waals surface area contributed by atoms with Crippen LogP contribution >= 0.6 is 47.8 Å². The van der Waals surface area contributed by atoms with Crippen LogP contribution in [0.1, 0.15) is 32.6 Å². The van der Waals surface area contributed by atoms with Gasteiger partial charge in [-0.15, -0.1) is 0 Å².